The number of nitrogens with zero attached hydrogens (tertiary/aromatic N) is 2. The van der Waals surface area contributed by atoms with Crippen LogP contribution in [0.15, 0.2) is 24.3 Å². The van der Waals surface area contributed by atoms with Crippen LogP contribution in [-0.2, 0) is 17.7 Å². The fourth-order valence-corrected chi connectivity index (χ4v) is 5.11. The second-order valence-electron chi connectivity index (χ2n) is 7.91. The van der Waals surface area contributed by atoms with Gasteiger partial charge in [0.15, 0.2) is 0 Å². The zero-order chi connectivity index (χ0) is 18.4. The molecule has 5 rings (SSSR count). The van der Waals surface area contributed by atoms with Crippen molar-refractivity contribution in [1.29, 1.82) is 0 Å². The second-order valence-corrected chi connectivity index (χ2v) is 7.91. The minimum atomic E-state index is -0.302. The highest BCUT2D eigenvalue weighted by Crippen LogP contribution is 2.41. The Hall–Kier alpha value is -2.36. The first-order valence-corrected chi connectivity index (χ1v) is 10.4. The van der Waals surface area contributed by atoms with Gasteiger partial charge in [0, 0.05) is 23.2 Å². The summed E-state index contributed by atoms with van der Waals surface area (Å²) in [4.78, 5) is 17.4. The van der Waals surface area contributed by atoms with E-state index in [1.807, 2.05) is 13.0 Å². The molecular weight excluding hydrogens is 336 g/mol. The smallest absolute Gasteiger partial charge is 0.356 e. The summed E-state index contributed by atoms with van der Waals surface area (Å²) >= 11 is 0. The molecule has 0 radical (unpaired) electrons. The molecule has 1 aromatic carbocycles. The molecule has 0 saturated heterocycles. The number of aromatic nitrogens is 2. The molecule has 1 aliphatic heterocycles. The van der Waals surface area contributed by atoms with Crippen molar-refractivity contribution in [2.45, 2.75) is 64.3 Å². The normalized spacial score (nSPS) is 17.5. The van der Waals surface area contributed by atoms with Gasteiger partial charge in [-0.05, 0) is 44.2 Å². The van der Waals surface area contributed by atoms with Crippen LogP contribution in [0.3, 0.4) is 0 Å². The van der Waals surface area contributed by atoms with Crippen molar-refractivity contribution in [2.24, 2.45) is 0 Å². The minimum absolute atomic E-state index is 0.302. The Kier molecular flexibility index (Phi) is 4.14. The van der Waals surface area contributed by atoms with E-state index in [0.29, 0.717) is 18.2 Å². The van der Waals surface area contributed by atoms with Crippen molar-refractivity contribution in [2.75, 3.05) is 6.61 Å². The van der Waals surface area contributed by atoms with Gasteiger partial charge in [-0.25, -0.2) is 9.78 Å². The molecule has 2 aromatic heterocycles. The Labute approximate surface area is 159 Å². The van der Waals surface area contributed by atoms with Gasteiger partial charge < -0.3 is 9.30 Å². The lowest BCUT2D eigenvalue weighted by atomic mass is 9.86. The Balaban J connectivity index is 1.83. The molecule has 27 heavy (non-hydrogen) atoms. The van der Waals surface area contributed by atoms with Gasteiger partial charge in [-0.2, -0.15) is 0 Å². The van der Waals surface area contributed by atoms with E-state index in [2.05, 4.69) is 22.8 Å². The van der Waals surface area contributed by atoms with Crippen molar-refractivity contribution in [3.63, 3.8) is 0 Å². The molecule has 0 unspecified atom stereocenters. The molecule has 1 fully saturated rings. The monoisotopic (exact) mass is 362 g/mol. The van der Waals surface area contributed by atoms with E-state index in [4.69, 9.17) is 9.72 Å². The molecule has 0 bridgehead atoms. The average Bonchev–Trinajstić information content (AvgIpc) is 3.04. The van der Waals surface area contributed by atoms with Gasteiger partial charge >= 0.3 is 5.97 Å². The molecular formula is C23H26N2O2. The Morgan fingerprint density at radius 2 is 2.00 bits per heavy atom. The van der Waals surface area contributed by atoms with Crippen LogP contribution in [0.4, 0.5) is 0 Å². The third-order valence-corrected chi connectivity index (χ3v) is 6.27. The quantitative estimate of drug-likeness (QED) is 0.589. The molecule has 0 atom stereocenters. The number of ether oxygens (including phenoxy) is 1. The van der Waals surface area contributed by atoms with Crippen LogP contribution in [0.2, 0.25) is 0 Å². The van der Waals surface area contributed by atoms with Crippen molar-refractivity contribution in [1.82, 2.24) is 9.55 Å². The summed E-state index contributed by atoms with van der Waals surface area (Å²) in [5.41, 5.74) is 5.62. The molecule has 4 heteroatoms. The highest BCUT2D eigenvalue weighted by atomic mass is 16.5. The van der Waals surface area contributed by atoms with E-state index in [-0.39, 0.29) is 5.97 Å². The number of benzene rings is 1. The van der Waals surface area contributed by atoms with E-state index in [1.54, 1.807) is 0 Å². The summed E-state index contributed by atoms with van der Waals surface area (Å²) in [6.07, 6.45) is 8.45. The van der Waals surface area contributed by atoms with Crippen LogP contribution >= 0.6 is 0 Å². The minimum Gasteiger partial charge on any atom is -0.461 e. The lowest BCUT2D eigenvalue weighted by molar-refractivity contribution is 0.0519. The summed E-state index contributed by atoms with van der Waals surface area (Å²) < 4.78 is 7.77. The molecule has 0 amide bonds. The largest absolute Gasteiger partial charge is 0.461 e. The maximum absolute atomic E-state index is 12.5. The van der Waals surface area contributed by atoms with E-state index in [1.165, 1.54) is 65.9 Å². The van der Waals surface area contributed by atoms with Gasteiger partial charge in [-0.3, -0.25) is 0 Å². The number of carbonyl (C=O) groups excluding carboxylic acids is 1. The number of hydrogen-bond acceptors (Lipinski definition) is 3. The van der Waals surface area contributed by atoms with Crippen molar-refractivity contribution >= 4 is 27.8 Å². The summed E-state index contributed by atoms with van der Waals surface area (Å²) in [7, 11) is 0. The highest BCUT2D eigenvalue weighted by molar-refractivity contribution is 6.11. The molecule has 0 spiro atoms. The Morgan fingerprint density at radius 3 is 2.81 bits per heavy atom. The molecule has 1 saturated carbocycles. The standard InChI is InChI=1S/C23H26N2O2/c1-2-27-23(26)19-14-18-17-12-6-10-16-11-7-13-25(21(16)17)22(18)20(24-19)15-8-4-3-5-9-15/h6,10,12,14-15H,2-5,7-9,11,13H2,1H3. The van der Waals surface area contributed by atoms with E-state index in [0.717, 1.165) is 18.7 Å². The number of pyridine rings is 1. The van der Waals surface area contributed by atoms with Crippen LogP contribution in [-0.4, -0.2) is 22.1 Å². The van der Waals surface area contributed by atoms with Crippen LogP contribution in [0, 0.1) is 0 Å². The fourth-order valence-electron chi connectivity index (χ4n) is 5.11. The van der Waals surface area contributed by atoms with E-state index in [9.17, 15) is 4.79 Å². The first-order valence-electron chi connectivity index (χ1n) is 10.4. The molecule has 140 valence electrons. The SMILES string of the molecule is CCOC(=O)c1cc2c3cccc4c3n(c2c(C2CCCCC2)n1)CCC4. The topological polar surface area (TPSA) is 44.1 Å². The van der Waals surface area contributed by atoms with Crippen molar-refractivity contribution in [3.05, 3.63) is 41.2 Å². The molecule has 1 aliphatic carbocycles. The molecule has 4 nitrogen and oxygen atoms in total. The summed E-state index contributed by atoms with van der Waals surface area (Å²) in [6, 6.07) is 8.56. The number of para-hydroxylation sites is 1. The average molecular weight is 362 g/mol. The molecule has 2 aliphatic rings. The van der Waals surface area contributed by atoms with Crippen molar-refractivity contribution < 1.29 is 9.53 Å². The van der Waals surface area contributed by atoms with Gasteiger partial charge in [0.1, 0.15) is 5.69 Å². The van der Waals surface area contributed by atoms with E-state index < -0.39 is 0 Å². The Bertz CT molecular complexity index is 1030. The number of esters is 1. The molecule has 3 aromatic rings. The maximum Gasteiger partial charge on any atom is 0.356 e. The van der Waals surface area contributed by atoms with Gasteiger partial charge in [-0.15, -0.1) is 0 Å². The van der Waals surface area contributed by atoms with Crippen LogP contribution < -0.4 is 0 Å². The van der Waals surface area contributed by atoms with Gasteiger partial charge in [0.2, 0.25) is 0 Å². The first kappa shape index (κ1) is 16.8. The number of rotatable bonds is 3. The predicted octanol–water partition coefficient (Wildman–Crippen LogP) is 5.36. The zero-order valence-electron chi connectivity index (χ0n) is 16.0. The number of aryl methyl sites for hydroxylation is 2. The van der Waals surface area contributed by atoms with E-state index >= 15 is 0 Å². The second kappa shape index (κ2) is 6.66. The van der Waals surface area contributed by atoms with Crippen LogP contribution in [0.5, 0.6) is 0 Å². The number of fused-ring (bicyclic) bond motifs is 3. The lowest BCUT2D eigenvalue weighted by Crippen LogP contribution is -2.15. The van der Waals surface area contributed by atoms with Gasteiger partial charge in [0.25, 0.3) is 0 Å². The predicted molar refractivity (Wildman–Crippen MR) is 107 cm³/mol. The fraction of sp³-hybridized carbons (Fsp3) is 0.478. The highest BCUT2D eigenvalue weighted by Gasteiger charge is 2.27. The summed E-state index contributed by atoms with van der Waals surface area (Å²) in [5.74, 6) is 0.143. The third-order valence-electron chi connectivity index (χ3n) is 6.27. The number of hydrogen-bond donors (Lipinski definition) is 0. The van der Waals surface area contributed by atoms with Crippen LogP contribution in [0.1, 0.15) is 73.1 Å². The van der Waals surface area contributed by atoms with Crippen LogP contribution in [0.25, 0.3) is 21.8 Å². The van der Waals surface area contributed by atoms with Crippen molar-refractivity contribution in [3.8, 4) is 0 Å². The summed E-state index contributed by atoms with van der Waals surface area (Å²) in [5, 5.41) is 2.43. The summed E-state index contributed by atoms with van der Waals surface area (Å²) in [6.45, 7) is 3.26. The maximum atomic E-state index is 12.5. The number of carbonyl (C=O) groups is 1. The molecule has 0 N–H and O–H groups in total. The van der Waals surface area contributed by atoms with Gasteiger partial charge in [-0.1, -0.05) is 37.5 Å². The Morgan fingerprint density at radius 1 is 1.15 bits per heavy atom. The van der Waals surface area contributed by atoms with Gasteiger partial charge in [0.05, 0.1) is 23.3 Å². The molecule has 3 heterocycles. The first-order chi connectivity index (χ1) is 13.3. The lowest BCUT2D eigenvalue weighted by Gasteiger charge is -2.24. The zero-order valence-corrected chi connectivity index (χ0v) is 16.0. The third kappa shape index (κ3) is 2.65.